The maximum absolute atomic E-state index is 9.66. The summed E-state index contributed by atoms with van der Waals surface area (Å²) in [4.78, 5) is 7.95. The third-order valence-corrected chi connectivity index (χ3v) is 1.01. The minimum atomic E-state index is -2.39. The molecule has 0 saturated carbocycles. The molecular weight excluding hydrogens is 229 g/mol. The zero-order chi connectivity index (χ0) is 5.70. The van der Waals surface area contributed by atoms with E-state index in [1.807, 2.05) is 0 Å². The van der Waals surface area contributed by atoms with E-state index >= 15 is 0 Å². The van der Waals surface area contributed by atoms with Gasteiger partial charge in [-0.1, -0.05) is 15.9 Å². The molecule has 0 aromatic carbocycles. The molecule has 0 spiro atoms. The first-order valence-electron chi connectivity index (χ1n) is 1.62. The average Bonchev–Trinajstić information content (AvgIpc) is 1.61. The number of hydrogen-bond acceptors (Lipinski definition) is 2. The fraction of sp³-hybridized carbons (Fsp3) is 1.00. The molecule has 0 aromatic rings. The Hall–Kier alpha value is 2.50. The van der Waals surface area contributed by atoms with Crippen molar-refractivity contribution >= 4 is 24.2 Å². The normalized spacial score (nSPS) is 8.89. The van der Waals surface area contributed by atoms with Crippen LogP contribution in [0, 0.1) is 0 Å². The van der Waals surface area contributed by atoms with E-state index in [1.165, 1.54) is 0 Å². The van der Waals surface area contributed by atoms with Gasteiger partial charge in [-0.25, -0.2) is 0 Å². The van der Waals surface area contributed by atoms with Crippen molar-refractivity contribution in [2.45, 2.75) is 0 Å². The first-order chi connectivity index (χ1) is 3.27. The molecule has 0 aliphatic rings. The molecule has 7 heteroatoms. The van der Waals surface area contributed by atoms with Crippen molar-refractivity contribution in [3.05, 3.63) is 0 Å². The van der Waals surface area contributed by atoms with Crippen LogP contribution in [0.1, 0.15) is 2.85 Å². The zero-order valence-corrected chi connectivity index (χ0v) is 12.0. The molecule has 1 atom stereocenters. The van der Waals surface area contributed by atoms with Gasteiger partial charge >= 0.3 is 67.4 Å². The Morgan fingerprint density at radius 2 is 2.11 bits per heavy atom. The maximum atomic E-state index is 9.66. The van der Waals surface area contributed by atoms with E-state index in [2.05, 4.69) is 20.5 Å². The summed E-state index contributed by atoms with van der Waals surface area (Å²) < 4.78 is 13.9. The second-order valence-corrected chi connectivity index (χ2v) is 2.29. The number of hydrogen-bond donors (Lipinski definition) is 1. The molecule has 0 radical (unpaired) electrons. The Bertz CT molecular complexity index is 80.4. The summed E-state index contributed by atoms with van der Waals surface area (Å²) in [6, 6.07) is 0. The van der Waals surface area contributed by atoms with Crippen LogP contribution in [0.15, 0.2) is 0 Å². The summed E-state index contributed by atoms with van der Waals surface area (Å²) >= 11 is 3.01. The van der Waals surface area contributed by atoms with E-state index in [0.717, 1.165) is 0 Å². The third kappa shape index (κ3) is 18.0. The molecule has 0 aromatic heterocycles. The first-order valence-corrected chi connectivity index (χ1v) is 3.87. The summed E-state index contributed by atoms with van der Waals surface area (Å²) in [5.41, 5.74) is 0. The number of alkyl halides is 1. The molecule has 1 unspecified atom stereocenters. The van der Waals surface area contributed by atoms with Crippen LogP contribution in [0.5, 0.6) is 0 Å². The van der Waals surface area contributed by atoms with Crippen molar-refractivity contribution < 1.29 is 76.0 Å². The van der Waals surface area contributed by atoms with Gasteiger partial charge in [-0.2, -0.15) is 0 Å². The summed E-state index contributed by atoms with van der Waals surface area (Å²) in [7, 11) is -2.39. The van der Waals surface area contributed by atoms with Gasteiger partial charge < -0.3 is 2.85 Å². The monoisotopic (exact) mass is 235 g/mol. The van der Waals surface area contributed by atoms with E-state index in [9.17, 15) is 4.57 Å². The van der Waals surface area contributed by atoms with Crippen LogP contribution < -0.4 is 59.1 Å². The van der Waals surface area contributed by atoms with E-state index in [-0.39, 0.29) is 68.6 Å². The van der Waals surface area contributed by atoms with Gasteiger partial charge in [-0.3, -0.25) is 0 Å². The van der Waals surface area contributed by atoms with E-state index in [4.69, 9.17) is 4.89 Å². The summed E-state index contributed by atoms with van der Waals surface area (Å²) in [5.74, 6) is 0. The predicted octanol–water partition coefficient (Wildman–Crippen LogP) is -4.72. The number of rotatable bonds is 3. The van der Waals surface area contributed by atoms with Crippen LogP contribution in [0.4, 0.5) is 0 Å². The number of halogens is 1. The van der Waals surface area contributed by atoms with E-state index in [0.29, 0.717) is 5.33 Å². The fourth-order valence-electron chi connectivity index (χ4n) is 0.113. The van der Waals surface area contributed by atoms with Crippen LogP contribution in [0.2, 0.25) is 0 Å². The third-order valence-electron chi connectivity index (χ3n) is 0.279. The van der Waals surface area contributed by atoms with Gasteiger partial charge in [-0.15, -0.1) is 9.42 Å². The largest absolute Gasteiger partial charge is 1.00 e. The molecular formula is C2H7BrNa2O3P+. The molecule has 46 valence electrons. The van der Waals surface area contributed by atoms with Crippen LogP contribution in [0.25, 0.3) is 0 Å². The molecule has 0 aliphatic carbocycles. The van der Waals surface area contributed by atoms with Crippen molar-refractivity contribution in [2.24, 2.45) is 0 Å². The van der Waals surface area contributed by atoms with Gasteiger partial charge in [0.15, 0.2) is 0 Å². The summed E-state index contributed by atoms with van der Waals surface area (Å²) in [6.45, 7) is 0.283. The van der Waals surface area contributed by atoms with Crippen molar-refractivity contribution in [1.29, 1.82) is 0 Å². The molecule has 1 N–H and O–H groups in total. The van der Waals surface area contributed by atoms with Gasteiger partial charge in [-0.05, 0) is 0 Å². The van der Waals surface area contributed by atoms with Crippen LogP contribution in [-0.4, -0.2) is 16.8 Å². The van der Waals surface area contributed by atoms with Crippen LogP contribution >= 0.6 is 24.2 Å². The maximum Gasteiger partial charge on any atom is 1.00 e. The smallest absolute Gasteiger partial charge is 1.00 e. The second-order valence-electron chi connectivity index (χ2n) is 0.760. The Labute approximate surface area is 111 Å². The van der Waals surface area contributed by atoms with E-state index in [1.54, 1.807) is 0 Å². The Balaban J connectivity index is -0.0000000300. The molecule has 0 fully saturated rings. The predicted molar refractivity (Wildman–Crippen MR) is 31.8 cm³/mol. The van der Waals surface area contributed by atoms with Crippen molar-refractivity contribution in [3.63, 3.8) is 0 Å². The van der Waals surface area contributed by atoms with Crippen molar-refractivity contribution in [1.82, 2.24) is 0 Å². The molecule has 0 bridgehead atoms. The second kappa shape index (κ2) is 13.1. The van der Waals surface area contributed by atoms with Crippen LogP contribution in [-0.2, 0) is 9.09 Å². The molecule has 9 heavy (non-hydrogen) atoms. The van der Waals surface area contributed by atoms with Gasteiger partial charge in [0, 0.05) is 9.90 Å². The molecule has 0 amide bonds. The SMILES string of the molecule is O=[P+](O)OCCBr.[H-].[H-].[Na+].[Na+]. The Morgan fingerprint density at radius 1 is 1.67 bits per heavy atom. The van der Waals surface area contributed by atoms with Crippen molar-refractivity contribution in [2.75, 3.05) is 11.9 Å². The van der Waals surface area contributed by atoms with Gasteiger partial charge in [0.2, 0.25) is 0 Å². The first kappa shape index (κ1) is 17.5. The van der Waals surface area contributed by atoms with Crippen molar-refractivity contribution in [3.8, 4) is 0 Å². The Morgan fingerprint density at radius 3 is 2.22 bits per heavy atom. The zero-order valence-electron chi connectivity index (χ0n) is 7.50. The van der Waals surface area contributed by atoms with Gasteiger partial charge in [0.25, 0.3) is 0 Å². The molecule has 0 heterocycles. The minimum absolute atomic E-state index is 0. The van der Waals surface area contributed by atoms with Gasteiger partial charge in [0.1, 0.15) is 6.61 Å². The molecule has 0 saturated heterocycles. The minimum Gasteiger partial charge on any atom is -1.00 e. The standard InChI is InChI=1S/C2H4BrO3P.2Na.2H/c3-1-2-6-7(4)5;;;;/h1-2H2;;;;/q;2*+1;2*-1/p+1. The van der Waals surface area contributed by atoms with E-state index < -0.39 is 8.25 Å². The van der Waals surface area contributed by atoms with Crippen LogP contribution in [0.3, 0.4) is 0 Å². The Kier molecular flexibility index (Phi) is 25.6. The topological polar surface area (TPSA) is 46.5 Å². The quantitative estimate of drug-likeness (QED) is 0.304. The summed E-state index contributed by atoms with van der Waals surface area (Å²) in [5, 5.41) is 0.592. The average molecular weight is 236 g/mol. The fourth-order valence-corrected chi connectivity index (χ4v) is 0.772. The molecule has 0 aliphatic heterocycles. The molecule has 0 rings (SSSR count). The summed E-state index contributed by atoms with van der Waals surface area (Å²) in [6.07, 6.45) is 0. The van der Waals surface area contributed by atoms with Gasteiger partial charge in [0.05, 0.1) is 0 Å². The molecule has 3 nitrogen and oxygen atoms in total.